The zero-order valence-corrected chi connectivity index (χ0v) is 15.5. The molecule has 1 saturated heterocycles. The predicted molar refractivity (Wildman–Crippen MR) is 102 cm³/mol. The van der Waals surface area contributed by atoms with Gasteiger partial charge in [0.1, 0.15) is 0 Å². The van der Waals surface area contributed by atoms with Gasteiger partial charge in [0.25, 0.3) is 5.56 Å². The molecule has 2 aromatic rings. The molecule has 3 rings (SSSR count). The summed E-state index contributed by atoms with van der Waals surface area (Å²) in [5.41, 5.74) is 0.403. The van der Waals surface area contributed by atoms with Gasteiger partial charge in [-0.15, -0.1) is 6.58 Å². The van der Waals surface area contributed by atoms with Crippen LogP contribution in [0.2, 0.25) is 5.02 Å². The van der Waals surface area contributed by atoms with Crippen molar-refractivity contribution < 1.29 is 4.79 Å². The number of carbonyl (C=O) groups is 1. The highest BCUT2D eigenvalue weighted by atomic mass is 35.5. The van der Waals surface area contributed by atoms with Crippen LogP contribution >= 0.6 is 23.4 Å². The van der Waals surface area contributed by atoms with Gasteiger partial charge in [-0.2, -0.15) is 0 Å². The standard InChI is InChI=1S/C18H20ClN3O2S/c1-2-8-22-17(24)14-7-6-13(19)11-15(14)20-18(22)25-12-16(23)21-9-4-3-5-10-21/h2,6-7,11H,1,3-5,8-10,12H2. The lowest BCUT2D eigenvalue weighted by Gasteiger charge is -2.26. The summed E-state index contributed by atoms with van der Waals surface area (Å²) in [7, 11) is 0. The van der Waals surface area contributed by atoms with Gasteiger partial charge in [-0.25, -0.2) is 4.98 Å². The van der Waals surface area contributed by atoms with E-state index in [-0.39, 0.29) is 17.2 Å². The molecule has 1 aliphatic heterocycles. The highest BCUT2D eigenvalue weighted by Gasteiger charge is 2.18. The Hall–Kier alpha value is -1.79. The number of allylic oxidation sites excluding steroid dienone is 1. The fourth-order valence-electron chi connectivity index (χ4n) is 2.93. The topological polar surface area (TPSA) is 55.2 Å². The summed E-state index contributed by atoms with van der Waals surface area (Å²) in [6.45, 7) is 5.70. The lowest BCUT2D eigenvalue weighted by atomic mass is 10.1. The van der Waals surface area contributed by atoms with E-state index < -0.39 is 0 Å². The number of thioether (sulfide) groups is 1. The van der Waals surface area contributed by atoms with Crippen molar-refractivity contribution in [1.82, 2.24) is 14.5 Å². The smallest absolute Gasteiger partial charge is 0.262 e. The monoisotopic (exact) mass is 377 g/mol. The summed E-state index contributed by atoms with van der Waals surface area (Å²) < 4.78 is 1.55. The third kappa shape index (κ3) is 4.07. The van der Waals surface area contributed by atoms with Crippen molar-refractivity contribution in [3.8, 4) is 0 Å². The van der Waals surface area contributed by atoms with Crippen molar-refractivity contribution in [1.29, 1.82) is 0 Å². The zero-order chi connectivity index (χ0) is 17.8. The van der Waals surface area contributed by atoms with Crippen molar-refractivity contribution in [2.75, 3.05) is 18.8 Å². The second kappa shape index (κ2) is 8.06. The highest BCUT2D eigenvalue weighted by molar-refractivity contribution is 7.99. The van der Waals surface area contributed by atoms with Gasteiger partial charge in [-0.1, -0.05) is 29.4 Å². The normalized spacial score (nSPS) is 14.7. The molecule has 2 heterocycles. The van der Waals surface area contributed by atoms with Crippen molar-refractivity contribution in [2.24, 2.45) is 0 Å². The lowest BCUT2D eigenvalue weighted by Crippen LogP contribution is -2.37. The summed E-state index contributed by atoms with van der Waals surface area (Å²) in [6.07, 6.45) is 4.96. The molecule has 0 aliphatic carbocycles. The fraction of sp³-hybridized carbons (Fsp3) is 0.389. The van der Waals surface area contributed by atoms with Gasteiger partial charge in [0, 0.05) is 24.7 Å². The minimum atomic E-state index is -0.144. The Morgan fingerprint density at radius 1 is 1.32 bits per heavy atom. The van der Waals surface area contributed by atoms with E-state index in [1.165, 1.54) is 18.2 Å². The summed E-state index contributed by atoms with van der Waals surface area (Å²) in [4.78, 5) is 31.6. The third-order valence-corrected chi connectivity index (χ3v) is 5.42. The molecule has 1 aliphatic rings. The number of benzene rings is 1. The first-order chi connectivity index (χ1) is 12.1. The Labute approximate surface area is 155 Å². The number of rotatable bonds is 5. The SMILES string of the molecule is C=CCn1c(SCC(=O)N2CCCCC2)nc2cc(Cl)ccc2c1=O. The number of aromatic nitrogens is 2. The van der Waals surface area contributed by atoms with Crippen molar-refractivity contribution >= 4 is 40.2 Å². The molecule has 1 amide bonds. The number of nitrogens with zero attached hydrogens (tertiary/aromatic N) is 3. The van der Waals surface area contributed by atoms with Gasteiger partial charge in [0.2, 0.25) is 5.91 Å². The van der Waals surface area contributed by atoms with Crippen LogP contribution in [0, 0.1) is 0 Å². The van der Waals surface area contributed by atoms with E-state index in [0.29, 0.717) is 27.6 Å². The Bertz CT molecular complexity index is 859. The molecule has 0 radical (unpaired) electrons. The number of fused-ring (bicyclic) bond motifs is 1. The van der Waals surface area contributed by atoms with Crippen LogP contribution in [-0.2, 0) is 11.3 Å². The van der Waals surface area contributed by atoms with Gasteiger partial charge < -0.3 is 4.90 Å². The number of piperidine rings is 1. The minimum absolute atomic E-state index is 0.0929. The first-order valence-electron chi connectivity index (χ1n) is 8.31. The molecule has 0 atom stereocenters. The van der Waals surface area contributed by atoms with Crippen LogP contribution in [0.4, 0.5) is 0 Å². The number of amides is 1. The molecule has 0 bridgehead atoms. The largest absolute Gasteiger partial charge is 0.342 e. The summed E-state index contributed by atoms with van der Waals surface area (Å²) in [5, 5.41) is 1.56. The van der Waals surface area contributed by atoms with Gasteiger partial charge in [0.15, 0.2) is 5.16 Å². The van der Waals surface area contributed by atoms with Crippen LogP contribution < -0.4 is 5.56 Å². The molecule has 7 heteroatoms. The lowest BCUT2D eigenvalue weighted by molar-refractivity contribution is -0.129. The van der Waals surface area contributed by atoms with Gasteiger partial charge in [-0.05, 0) is 37.5 Å². The molecule has 0 spiro atoms. The number of hydrogen-bond donors (Lipinski definition) is 0. The van der Waals surface area contributed by atoms with E-state index in [0.717, 1.165) is 25.9 Å². The van der Waals surface area contributed by atoms with Crippen LogP contribution in [0.15, 0.2) is 40.8 Å². The summed E-state index contributed by atoms with van der Waals surface area (Å²) in [5.74, 6) is 0.366. The first kappa shape index (κ1) is 18.0. The maximum absolute atomic E-state index is 12.7. The second-order valence-electron chi connectivity index (χ2n) is 5.99. The number of hydrogen-bond acceptors (Lipinski definition) is 4. The van der Waals surface area contributed by atoms with Crippen LogP contribution in [0.3, 0.4) is 0 Å². The van der Waals surface area contributed by atoms with Crippen LogP contribution in [0.1, 0.15) is 19.3 Å². The number of likely N-dealkylation sites (tertiary alicyclic amines) is 1. The minimum Gasteiger partial charge on any atom is -0.342 e. The van der Waals surface area contributed by atoms with Crippen LogP contribution in [0.25, 0.3) is 10.9 Å². The molecule has 1 aromatic heterocycles. The molecule has 5 nitrogen and oxygen atoms in total. The highest BCUT2D eigenvalue weighted by Crippen LogP contribution is 2.21. The maximum atomic E-state index is 12.7. The van der Waals surface area contributed by atoms with Crippen molar-refractivity contribution in [3.63, 3.8) is 0 Å². The fourth-order valence-corrected chi connectivity index (χ4v) is 4.01. The molecule has 1 aromatic carbocycles. The Balaban J connectivity index is 1.88. The van der Waals surface area contributed by atoms with Crippen LogP contribution in [0.5, 0.6) is 0 Å². The van der Waals surface area contributed by atoms with E-state index in [1.807, 2.05) is 4.90 Å². The second-order valence-corrected chi connectivity index (χ2v) is 7.37. The molecule has 1 fully saturated rings. The Morgan fingerprint density at radius 2 is 2.08 bits per heavy atom. The van der Waals surface area contributed by atoms with E-state index in [2.05, 4.69) is 11.6 Å². The van der Waals surface area contributed by atoms with E-state index >= 15 is 0 Å². The molecule has 25 heavy (non-hydrogen) atoms. The molecule has 0 saturated carbocycles. The molecule has 0 unspecified atom stereocenters. The number of carbonyl (C=O) groups excluding carboxylic acids is 1. The van der Waals surface area contributed by atoms with Gasteiger partial charge in [0.05, 0.1) is 16.7 Å². The quantitative estimate of drug-likeness (QED) is 0.455. The Morgan fingerprint density at radius 3 is 2.80 bits per heavy atom. The van der Waals surface area contributed by atoms with E-state index in [9.17, 15) is 9.59 Å². The van der Waals surface area contributed by atoms with Gasteiger partial charge in [-0.3, -0.25) is 14.2 Å². The zero-order valence-electron chi connectivity index (χ0n) is 13.9. The first-order valence-corrected chi connectivity index (χ1v) is 9.68. The molecule has 132 valence electrons. The summed E-state index contributed by atoms with van der Waals surface area (Å²) in [6, 6.07) is 5.03. The van der Waals surface area contributed by atoms with Gasteiger partial charge >= 0.3 is 0 Å². The van der Waals surface area contributed by atoms with E-state index in [1.54, 1.807) is 28.8 Å². The maximum Gasteiger partial charge on any atom is 0.262 e. The summed E-state index contributed by atoms with van der Waals surface area (Å²) >= 11 is 7.31. The predicted octanol–water partition coefficient (Wildman–Crippen LogP) is 3.34. The Kier molecular flexibility index (Phi) is 5.81. The third-order valence-electron chi connectivity index (χ3n) is 4.23. The van der Waals surface area contributed by atoms with Crippen molar-refractivity contribution in [3.05, 3.63) is 46.2 Å². The average molecular weight is 378 g/mol. The molecular formula is C18H20ClN3O2S. The van der Waals surface area contributed by atoms with Crippen LogP contribution in [-0.4, -0.2) is 39.2 Å². The van der Waals surface area contributed by atoms with Crippen molar-refractivity contribution in [2.45, 2.75) is 31.0 Å². The molecular weight excluding hydrogens is 358 g/mol. The molecule has 0 N–H and O–H groups in total. The average Bonchev–Trinajstić information content (AvgIpc) is 2.63. The van der Waals surface area contributed by atoms with E-state index in [4.69, 9.17) is 11.6 Å². The number of halogens is 1.